The van der Waals surface area contributed by atoms with Gasteiger partial charge in [-0.3, -0.25) is 4.79 Å². The predicted octanol–water partition coefficient (Wildman–Crippen LogP) is 3.44. The number of Topliss-reactive ketones (excluding diaryl/α,β-unsaturated/α-hetero) is 1. The van der Waals surface area contributed by atoms with Crippen LogP contribution in [0.4, 0.5) is 8.78 Å². The SMILES string of the molecule is CCC1(C)C(=O)CC1c1ccc(F)cc1F. The highest BCUT2D eigenvalue weighted by Crippen LogP contribution is 2.52. The summed E-state index contributed by atoms with van der Waals surface area (Å²) in [5, 5.41) is 0. The first-order valence-electron chi connectivity index (χ1n) is 5.47. The number of carbonyl (C=O) groups excluding carboxylic acids is 1. The van der Waals surface area contributed by atoms with E-state index in [-0.39, 0.29) is 11.7 Å². The Balaban J connectivity index is 2.36. The highest BCUT2D eigenvalue weighted by molar-refractivity contribution is 5.93. The zero-order chi connectivity index (χ0) is 11.9. The molecule has 1 fully saturated rings. The number of ketones is 1. The van der Waals surface area contributed by atoms with Crippen molar-refractivity contribution in [3.05, 3.63) is 35.4 Å². The molecule has 1 aromatic rings. The zero-order valence-electron chi connectivity index (χ0n) is 9.39. The molecule has 0 bridgehead atoms. The molecule has 0 spiro atoms. The molecule has 0 radical (unpaired) electrons. The highest BCUT2D eigenvalue weighted by Gasteiger charge is 2.50. The Morgan fingerprint density at radius 3 is 2.62 bits per heavy atom. The van der Waals surface area contributed by atoms with Crippen LogP contribution in [0.5, 0.6) is 0 Å². The Morgan fingerprint density at radius 1 is 1.44 bits per heavy atom. The maximum Gasteiger partial charge on any atom is 0.140 e. The van der Waals surface area contributed by atoms with E-state index in [2.05, 4.69) is 0 Å². The van der Waals surface area contributed by atoms with Gasteiger partial charge in [-0.15, -0.1) is 0 Å². The fourth-order valence-electron chi connectivity index (χ4n) is 2.39. The first-order chi connectivity index (χ1) is 7.49. The van der Waals surface area contributed by atoms with Crippen LogP contribution < -0.4 is 0 Å². The molecule has 2 unspecified atom stereocenters. The summed E-state index contributed by atoms with van der Waals surface area (Å²) in [6.07, 6.45) is 1.06. The monoisotopic (exact) mass is 224 g/mol. The first-order valence-corrected chi connectivity index (χ1v) is 5.47. The molecule has 1 aliphatic rings. The second-order valence-electron chi connectivity index (χ2n) is 4.62. The molecule has 16 heavy (non-hydrogen) atoms. The van der Waals surface area contributed by atoms with Crippen molar-refractivity contribution in [2.75, 3.05) is 0 Å². The number of hydrogen-bond donors (Lipinski definition) is 0. The fourth-order valence-corrected chi connectivity index (χ4v) is 2.39. The summed E-state index contributed by atoms with van der Waals surface area (Å²) >= 11 is 0. The molecular weight excluding hydrogens is 210 g/mol. The van der Waals surface area contributed by atoms with Crippen molar-refractivity contribution < 1.29 is 13.6 Å². The van der Waals surface area contributed by atoms with Gasteiger partial charge in [-0.05, 0) is 18.1 Å². The van der Waals surface area contributed by atoms with Gasteiger partial charge in [-0.2, -0.15) is 0 Å². The van der Waals surface area contributed by atoms with Crippen molar-refractivity contribution in [3.8, 4) is 0 Å². The molecular formula is C13H14F2O. The maximum atomic E-state index is 13.6. The van der Waals surface area contributed by atoms with Gasteiger partial charge in [-0.1, -0.05) is 19.9 Å². The smallest absolute Gasteiger partial charge is 0.140 e. The van der Waals surface area contributed by atoms with Crippen LogP contribution in [0.15, 0.2) is 18.2 Å². The summed E-state index contributed by atoms with van der Waals surface area (Å²) in [4.78, 5) is 11.5. The van der Waals surface area contributed by atoms with Crippen LogP contribution >= 0.6 is 0 Å². The van der Waals surface area contributed by atoms with Gasteiger partial charge in [0.2, 0.25) is 0 Å². The number of benzene rings is 1. The molecule has 0 aromatic heterocycles. The molecule has 1 aliphatic carbocycles. The third kappa shape index (κ3) is 1.46. The third-order valence-electron chi connectivity index (χ3n) is 3.87. The first kappa shape index (κ1) is 11.2. The summed E-state index contributed by atoms with van der Waals surface area (Å²) in [5.74, 6) is -1.06. The number of rotatable bonds is 2. The molecule has 0 aliphatic heterocycles. The van der Waals surface area contributed by atoms with Gasteiger partial charge in [0, 0.05) is 23.8 Å². The van der Waals surface area contributed by atoms with E-state index in [4.69, 9.17) is 0 Å². The second kappa shape index (κ2) is 3.65. The van der Waals surface area contributed by atoms with Crippen LogP contribution in [-0.4, -0.2) is 5.78 Å². The van der Waals surface area contributed by atoms with E-state index < -0.39 is 17.0 Å². The summed E-state index contributed by atoms with van der Waals surface area (Å²) in [6.45, 7) is 3.78. The largest absolute Gasteiger partial charge is 0.299 e. The number of halogens is 2. The molecule has 0 heterocycles. The van der Waals surface area contributed by atoms with Crippen molar-refractivity contribution in [1.29, 1.82) is 0 Å². The van der Waals surface area contributed by atoms with Crippen molar-refractivity contribution >= 4 is 5.78 Å². The topological polar surface area (TPSA) is 17.1 Å². The molecule has 86 valence electrons. The Morgan fingerprint density at radius 2 is 2.12 bits per heavy atom. The molecule has 3 heteroatoms. The predicted molar refractivity (Wildman–Crippen MR) is 57.1 cm³/mol. The summed E-state index contributed by atoms with van der Waals surface area (Å²) in [5.41, 5.74) is -0.0103. The van der Waals surface area contributed by atoms with Crippen molar-refractivity contribution in [1.82, 2.24) is 0 Å². The standard InChI is InChI=1S/C13H14F2O/c1-3-13(2)10(7-12(13)16)9-5-4-8(14)6-11(9)15/h4-6,10H,3,7H2,1-2H3. The van der Waals surface area contributed by atoms with Crippen LogP contribution in [0, 0.1) is 17.0 Å². The molecule has 1 saturated carbocycles. The van der Waals surface area contributed by atoms with E-state index >= 15 is 0 Å². The van der Waals surface area contributed by atoms with Crippen molar-refractivity contribution in [2.45, 2.75) is 32.6 Å². The van der Waals surface area contributed by atoms with Gasteiger partial charge in [0.15, 0.2) is 0 Å². The molecule has 1 aromatic carbocycles. The highest BCUT2D eigenvalue weighted by atomic mass is 19.1. The van der Waals surface area contributed by atoms with Gasteiger partial charge < -0.3 is 0 Å². The quantitative estimate of drug-likeness (QED) is 0.752. The Hall–Kier alpha value is -1.25. The van der Waals surface area contributed by atoms with Gasteiger partial charge in [0.05, 0.1) is 0 Å². The van der Waals surface area contributed by atoms with Gasteiger partial charge in [-0.25, -0.2) is 8.78 Å². The Bertz CT molecular complexity index is 442. The van der Waals surface area contributed by atoms with Crippen LogP contribution in [-0.2, 0) is 4.79 Å². The molecule has 0 N–H and O–H groups in total. The lowest BCUT2D eigenvalue weighted by molar-refractivity contribution is -0.139. The Kier molecular flexibility index (Phi) is 2.56. The lowest BCUT2D eigenvalue weighted by Crippen LogP contribution is -2.45. The molecule has 0 saturated heterocycles. The van der Waals surface area contributed by atoms with Gasteiger partial charge in [0.1, 0.15) is 17.4 Å². The van der Waals surface area contributed by atoms with E-state index in [0.717, 1.165) is 6.07 Å². The molecule has 1 nitrogen and oxygen atoms in total. The molecule has 2 rings (SSSR count). The average Bonchev–Trinajstić information content (AvgIpc) is 2.26. The summed E-state index contributed by atoms with van der Waals surface area (Å²) in [7, 11) is 0. The van der Waals surface area contributed by atoms with E-state index in [9.17, 15) is 13.6 Å². The maximum absolute atomic E-state index is 13.6. The minimum absolute atomic E-state index is 0.106. The van der Waals surface area contributed by atoms with Crippen LogP contribution in [0.3, 0.4) is 0 Å². The lowest BCUT2D eigenvalue weighted by Gasteiger charge is -2.45. The number of hydrogen-bond acceptors (Lipinski definition) is 1. The van der Waals surface area contributed by atoms with Crippen molar-refractivity contribution in [2.24, 2.45) is 5.41 Å². The average molecular weight is 224 g/mol. The van der Waals surface area contributed by atoms with Crippen LogP contribution in [0.2, 0.25) is 0 Å². The third-order valence-corrected chi connectivity index (χ3v) is 3.87. The molecule has 2 atom stereocenters. The van der Waals surface area contributed by atoms with E-state index in [1.807, 2.05) is 13.8 Å². The summed E-state index contributed by atoms with van der Waals surface area (Å²) < 4.78 is 26.4. The van der Waals surface area contributed by atoms with E-state index in [1.165, 1.54) is 12.1 Å². The zero-order valence-corrected chi connectivity index (χ0v) is 9.39. The van der Waals surface area contributed by atoms with Gasteiger partial charge in [0.25, 0.3) is 0 Å². The van der Waals surface area contributed by atoms with Gasteiger partial charge >= 0.3 is 0 Å². The van der Waals surface area contributed by atoms with Crippen molar-refractivity contribution in [3.63, 3.8) is 0 Å². The minimum atomic E-state index is -0.579. The lowest BCUT2D eigenvalue weighted by atomic mass is 9.56. The number of carbonyl (C=O) groups is 1. The minimum Gasteiger partial charge on any atom is -0.299 e. The van der Waals surface area contributed by atoms with Crippen LogP contribution in [0.1, 0.15) is 38.2 Å². The van der Waals surface area contributed by atoms with Crippen LogP contribution in [0.25, 0.3) is 0 Å². The normalized spacial score (nSPS) is 29.0. The van der Waals surface area contributed by atoms with E-state index in [0.29, 0.717) is 18.4 Å². The second-order valence-corrected chi connectivity index (χ2v) is 4.62. The van der Waals surface area contributed by atoms with E-state index in [1.54, 1.807) is 0 Å². The Labute approximate surface area is 93.5 Å². The summed E-state index contributed by atoms with van der Waals surface area (Å²) in [6, 6.07) is 3.58. The molecule has 0 amide bonds. The fraction of sp³-hybridized carbons (Fsp3) is 0.462.